The van der Waals surface area contributed by atoms with E-state index in [1.807, 2.05) is 13.0 Å². The van der Waals surface area contributed by atoms with Crippen molar-refractivity contribution in [3.8, 4) is 0 Å². The van der Waals surface area contributed by atoms with Gasteiger partial charge in [0.25, 0.3) is 0 Å². The highest BCUT2D eigenvalue weighted by atomic mass is 32.2. The van der Waals surface area contributed by atoms with Gasteiger partial charge in [0.15, 0.2) is 5.16 Å². The van der Waals surface area contributed by atoms with E-state index < -0.39 is 0 Å². The molecule has 3 rings (SSSR count). The molecule has 0 fully saturated rings. The lowest BCUT2D eigenvalue weighted by Gasteiger charge is -2.31. The maximum Gasteiger partial charge on any atom is 0.230 e. The molecule has 0 saturated carbocycles. The number of nitrogens with zero attached hydrogens (tertiary/aromatic N) is 3. The van der Waals surface area contributed by atoms with E-state index in [2.05, 4.69) is 51.4 Å². The molecule has 1 amide bonds. The quantitative estimate of drug-likeness (QED) is 0.636. The lowest BCUT2D eigenvalue weighted by Crippen LogP contribution is -2.44. The van der Waals surface area contributed by atoms with Gasteiger partial charge in [-0.2, -0.15) is 0 Å². The van der Waals surface area contributed by atoms with Crippen LogP contribution in [-0.2, 0) is 17.8 Å². The zero-order valence-electron chi connectivity index (χ0n) is 14.7. The Morgan fingerprint density at radius 3 is 2.92 bits per heavy atom. The molecule has 0 saturated heterocycles. The van der Waals surface area contributed by atoms with Crippen molar-refractivity contribution >= 4 is 17.7 Å². The largest absolute Gasteiger partial charge is 0.352 e. The SMILES string of the molecule is Cc1ccnc(SCC(=O)N[C@H](C)CN2CCc3ccccc3C2)n1. The minimum absolute atomic E-state index is 0.0278. The van der Waals surface area contributed by atoms with Crippen molar-refractivity contribution in [2.24, 2.45) is 0 Å². The van der Waals surface area contributed by atoms with Crippen molar-refractivity contribution in [2.45, 2.75) is 38.0 Å². The molecular weight excluding hydrogens is 332 g/mol. The zero-order valence-corrected chi connectivity index (χ0v) is 15.6. The Labute approximate surface area is 153 Å². The average Bonchev–Trinajstić information content (AvgIpc) is 2.60. The third kappa shape index (κ3) is 5.28. The molecule has 0 aliphatic carbocycles. The topological polar surface area (TPSA) is 58.1 Å². The van der Waals surface area contributed by atoms with Crippen molar-refractivity contribution in [2.75, 3.05) is 18.8 Å². The number of benzene rings is 1. The van der Waals surface area contributed by atoms with E-state index in [9.17, 15) is 4.79 Å². The third-order valence-electron chi connectivity index (χ3n) is 4.25. The Morgan fingerprint density at radius 2 is 2.12 bits per heavy atom. The van der Waals surface area contributed by atoms with Crippen LogP contribution in [0.5, 0.6) is 0 Å². The number of aromatic nitrogens is 2. The number of aryl methyl sites for hydroxylation is 1. The number of carbonyl (C=O) groups excluding carboxylic acids is 1. The second-order valence-electron chi connectivity index (χ2n) is 6.49. The predicted octanol–water partition coefficient (Wildman–Crippen LogP) is 2.44. The number of thioether (sulfide) groups is 1. The molecule has 1 aromatic heterocycles. The molecule has 1 aliphatic heterocycles. The summed E-state index contributed by atoms with van der Waals surface area (Å²) < 4.78 is 0. The minimum Gasteiger partial charge on any atom is -0.352 e. The van der Waals surface area contributed by atoms with E-state index in [0.717, 1.165) is 31.7 Å². The second-order valence-corrected chi connectivity index (χ2v) is 7.43. The van der Waals surface area contributed by atoms with E-state index in [0.29, 0.717) is 10.9 Å². The molecular formula is C19H24N4OS. The molecule has 0 bridgehead atoms. The highest BCUT2D eigenvalue weighted by Gasteiger charge is 2.18. The molecule has 0 radical (unpaired) electrons. The van der Waals surface area contributed by atoms with Crippen molar-refractivity contribution in [3.05, 3.63) is 53.3 Å². The van der Waals surface area contributed by atoms with Gasteiger partial charge in [-0.25, -0.2) is 9.97 Å². The summed E-state index contributed by atoms with van der Waals surface area (Å²) in [6.45, 7) is 6.86. The van der Waals surface area contributed by atoms with Gasteiger partial charge in [-0.05, 0) is 37.5 Å². The highest BCUT2D eigenvalue weighted by molar-refractivity contribution is 7.99. The van der Waals surface area contributed by atoms with Crippen LogP contribution >= 0.6 is 11.8 Å². The van der Waals surface area contributed by atoms with E-state index in [1.165, 1.54) is 22.9 Å². The molecule has 132 valence electrons. The van der Waals surface area contributed by atoms with Crippen LogP contribution in [0.25, 0.3) is 0 Å². The van der Waals surface area contributed by atoms with Crippen LogP contribution in [0.3, 0.4) is 0 Å². The fourth-order valence-corrected chi connectivity index (χ4v) is 3.77. The lowest BCUT2D eigenvalue weighted by molar-refractivity contribution is -0.119. The first-order valence-corrected chi connectivity index (χ1v) is 9.59. The van der Waals surface area contributed by atoms with Crippen LogP contribution in [-0.4, -0.2) is 45.7 Å². The number of nitrogens with one attached hydrogen (secondary N) is 1. The smallest absolute Gasteiger partial charge is 0.230 e. The van der Waals surface area contributed by atoms with E-state index in [4.69, 9.17) is 0 Å². The standard InChI is InChI=1S/C19H24N4OS/c1-14-7-9-20-19(22-14)25-13-18(24)21-15(2)11-23-10-8-16-5-3-4-6-17(16)12-23/h3-7,9,15H,8,10-13H2,1-2H3,(H,21,24)/t15-/m1/s1. The van der Waals surface area contributed by atoms with Crippen LogP contribution in [0.4, 0.5) is 0 Å². The lowest BCUT2D eigenvalue weighted by atomic mass is 10.00. The summed E-state index contributed by atoms with van der Waals surface area (Å²) in [5.41, 5.74) is 3.76. The number of fused-ring (bicyclic) bond motifs is 1. The molecule has 6 heteroatoms. The highest BCUT2D eigenvalue weighted by Crippen LogP contribution is 2.18. The van der Waals surface area contributed by atoms with Gasteiger partial charge in [0.05, 0.1) is 5.75 Å². The molecule has 1 atom stereocenters. The van der Waals surface area contributed by atoms with Crippen LogP contribution in [0.2, 0.25) is 0 Å². The van der Waals surface area contributed by atoms with Crippen LogP contribution in [0.15, 0.2) is 41.7 Å². The number of carbonyl (C=O) groups is 1. The van der Waals surface area contributed by atoms with Gasteiger partial charge in [-0.1, -0.05) is 36.0 Å². The first-order chi connectivity index (χ1) is 12.1. The summed E-state index contributed by atoms with van der Waals surface area (Å²) >= 11 is 1.37. The second kappa shape index (κ2) is 8.45. The van der Waals surface area contributed by atoms with Gasteiger partial charge in [-0.3, -0.25) is 9.69 Å². The fourth-order valence-electron chi connectivity index (χ4n) is 3.08. The van der Waals surface area contributed by atoms with Crippen LogP contribution in [0.1, 0.15) is 23.7 Å². The molecule has 25 heavy (non-hydrogen) atoms. The Balaban J connectivity index is 1.43. The van der Waals surface area contributed by atoms with Crippen molar-refractivity contribution in [1.29, 1.82) is 0 Å². The maximum absolute atomic E-state index is 12.1. The van der Waals surface area contributed by atoms with Crippen LogP contribution < -0.4 is 5.32 Å². The Kier molecular flexibility index (Phi) is 6.04. The summed E-state index contributed by atoms with van der Waals surface area (Å²) in [4.78, 5) is 23.0. The summed E-state index contributed by atoms with van der Waals surface area (Å²) in [5.74, 6) is 0.372. The zero-order chi connectivity index (χ0) is 17.6. The normalized spacial score (nSPS) is 15.4. The van der Waals surface area contributed by atoms with Gasteiger partial charge < -0.3 is 5.32 Å². The Hall–Kier alpha value is -1.92. The molecule has 1 N–H and O–H groups in total. The van der Waals surface area contributed by atoms with Gasteiger partial charge in [-0.15, -0.1) is 0 Å². The number of amides is 1. The summed E-state index contributed by atoms with van der Waals surface area (Å²) in [6.07, 6.45) is 2.80. The van der Waals surface area contributed by atoms with Crippen molar-refractivity contribution in [1.82, 2.24) is 20.2 Å². The molecule has 5 nitrogen and oxygen atoms in total. The van der Waals surface area contributed by atoms with Crippen LogP contribution in [0, 0.1) is 6.92 Å². The fraction of sp³-hybridized carbons (Fsp3) is 0.421. The average molecular weight is 356 g/mol. The van der Waals surface area contributed by atoms with Gasteiger partial charge in [0.2, 0.25) is 5.91 Å². The number of hydrogen-bond donors (Lipinski definition) is 1. The summed E-state index contributed by atoms with van der Waals surface area (Å²) in [7, 11) is 0. The summed E-state index contributed by atoms with van der Waals surface area (Å²) in [6, 6.07) is 10.6. The van der Waals surface area contributed by atoms with Gasteiger partial charge in [0, 0.05) is 37.6 Å². The van der Waals surface area contributed by atoms with Gasteiger partial charge >= 0.3 is 0 Å². The molecule has 1 aliphatic rings. The first-order valence-electron chi connectivity index (χ1n) is 8.61. The number of rotatable bonds is 6. The Morgan fingerprint density at radius 1 is 1.32 bits per heavy atom. The molecule has 2 heterocycles. The molecule has 0 unspecified atom stereocenters. The predicted molar refractivity (Wildman–Crippen MR) is 101 cm³/mol. The van der Waals surface area contributed by atoms with E-state index >= 15 is 0 Å². The van der Waals surface area contributed by atoms with Crippen molar-refractivity contribution in [3.63, 3.8) is 0 Å². The molecule has 0 spiro atoms. The summed E-state index contributed by atoms with van der Waals surface area (Å²) in [5, 5.41) is 3.73. The Bertz CT molecular complexity index is 737. The van der Waals surface area contributed by atoms with E-state index in [1.54, 1.807) is 6.20 Å². The maximum atomic E-state index is 12.1. The van der Waals surface area contributed by atoms with Gasteiger partial charge in [0.1, 0.15) is 0 Å². The van der Waals surface area contributed by atoms with Crippen molar-refractivity contribution < 1.29 is 4.79 Å². The molecule has 1 aromatic carbocycles. The number of hydrogen-bond acceptors (Lipinski definition) is 5. The molecule has 2 aromatic rings. The van der Waals surface area contributed by atoms with E-state index in [-0.39, 0.29) is 11.9 Å². The minimum atomic E-state index is 0.0278. The third-order valence-corrected chi connectivity index (χ3v) is 5.12. The first kappa shape index (κ1) is 17.9. The monoisotopic (exact) mass is 356 g/mol.